The summed E-state index contributed by atoms with van der Waals surface area (Å²) in [7, 11) is 1.56. The topological polar surface area (TPSA) is 92.9 Å². The zero-order chi connectivity index (χ0) is 18.1. The lowest BCUT2D eigenvalue weighted by Gasteiger charge is -2.22. The molecular weight excluding hydrogens is 322 g/mol. The molecule has 2 aliphatic rings. The summed E-state index contributed by atoms with van der Waals surface area (Å²) >= 11 is 0. The average Bonchev–Trinajstić information content (AvgIpc) is 3.21. The van der Waals surface area contributed by atoms with Crippen LogP contribution in [0.5, 0.6) is 5.75 Å². The number of carbonyl (C=O) groups excluding carboxylic acids is 3. The van der Waals surface area contributed by atoms with E-state index >= 15 is 0 Å². The van der Waals surface area contributed by atoms with Gasteiger partial charge in [-0.3, -0.25) is 14.4 Å². The highest BCUT2D eigenvalue weighted by Gasteiger charge is 2.40. The Kier molecular flexibility index (Phi) is 4.65. The Labute approximate surface area is 146 Å². The maximum atomic E-state index is 12.7. The largest absolute Gasteiger partial charge is 0.495 e. The highest BCUT2D eigenvalue weighted by molar-refractivity contribution is 6.01. The fraction of sp³-hybridized carbons (Fsp3) is 0.500. The van der Waals surface area contributed by atoms with Crippen molar-refractivity contribution in [1.82, 2.24) is 4.90 Å². The number of methoxy groups -OCH3 is 1. The van der Waals surface area contributed by atoms with Gasteiger partial charge in [0.2, 0.25) is 17.7 Å². The summed E-state index contributed by atoms with van der Waals surface area (Å²) in [6.45, 7) is 3.15. The molecule has 2 fully saturated rings. The van der Waals surface area contributed by atoms with Gasteiger partial charge in [-0.15, -0.1) is 0 Å². The molecule has 0 saturated carbocycles. The number of rotatable bonds is 4. The molecule has 0 bridgehead atoms. The zero-order valence-electron chi connectivity index (χ0n) is 14.5. The number of carbonyl (C=O) groups is 3. The lowest BCUT2D eigenvalue weighted by Crippen LogP contribution is -2.37. The van der Waals surface area contributed by atoms with E-state index in [9.17, 15) is 14.4 Å². The summed E-state index contributed by atoms with van der Waals surface area (Å²) < 4.78 is 5.36. The second-order valence-corrected chi connectivity index (χ2v) is 6.75. The minimum Gasteiger partial charge on any atom is -0.495 e. The van der Waals surface area contributed by atoms with Crippen molar-refractivity contribution in [3.8, 4) is 5.75 Å². The number of hydrogen-bond acceptors (Lipinski definition) is 4. The van der Waals surface area contributed by atoms with E-state index < -0.39 is 5.92 Å². The number of nitrogens with zero attached hydrogens (tertiary/aromatic N) is 2. The van der Waals surface area contributed by atoms with E-state index in [-0.39, 0.29) is 30.1 Å². The molecule has 7 nitrogen and oxygen atoms in total. The van der Waals surface area contributed by atoms with Gasteiger partial charge in [0.1, 0.15) is 5.75 Å². The van der Waals surface area contributed by atoms with Crippen LogP contribution in [-0.4, -0.2) is 49.4 Å². The number of amides is 3. The standard InChI is InChI=1S/C18H23N3O4/c1-11-3-4-15(25-2)14(7-11)21-10-13(8-16(21)22)18(24)20-6-5-12(9-20)17(19)23/h3-4,7,12-13H,5-6,8-10H2,1-2H3,(H2,19,23)/t12-,13+/m1/s1. The number of aryl methyl sites for hydroxylation is 1. The summed E-state index contributed by atoms with van der Waals surface area (Å²) in [5.41, 5.74) is 7.04. The Balaban J connectivity index is 1.74. The Morgan fingerprint density at radius 1 is 1.24 bits per heavy atom. The van der Waals surface area contributed by atoms with Crippen molar-refractivity contribution >= 4 is 23.4 Å². The summed E-state index contributed by atoms with van der Waals surface area (Å²) in [4.78, 5) is 39.8. The molecule has 0 radical (unpaired) electrons. The molecule has 2 N–H and O–H groups in total. The van der Waals surface area contributed by atoms with Gasteiger partial charge in [0.25, 0.3) is 0 Å². The molecule has 2 heterocycles. The lowest BCUT2D eigenvalue weighted by molar-refractivity contribution is -0.135. The van der Waals surface area contributed by atoms with Crippen LogP contribution in [-0.2, 0) is 14.4 Å². The molecule has 7 heteroatoms. The van der Waals surface area contributed by atoms with Crippen LogP contribution in [0.4, 0.5) is 5.69 Å². The number of hydrogen-bond donors (Lipinski definition) is 1. The van der Waals surface area contributed by atoms with E-state index in [1.807, 2.05) is 25.1 Å². The summed E-state index contributed by atoms with van der Waals surface area (Å²) in [6.07, 6.45) is 0.769. The maximum Gasteiger partial charge on any atom is 0.228 e. The normalized spacial score (nSPS) is 23.2. The van der Waals surface area contributed by atoms with Gasteiger partial charge in [0.15, 0.2) is 0 Å². The Hall–Kier alpha value is -2.57. The molecule has 134 valence electrons. The van der Waals surface area contributed by atoms with Gasteiger partial charge in [-0.2, -0.15) is 0 Å². The van der Waals surface area contributed by atoms with Gasteiger partial charge in [0, 0.05) is 26.1 Å². The third kappa shape index (κ3) is 3.31. The molecule has 2 atom stereocenters. The minimum absolute atomic E-state index is 0.0776. The SMILES string of the molecule is COc1ccc(C)cc1N1C[C@@H](C(=O)N2CC[C@@H](C(N)=O)C2)CC1=O. The van der Waals surface area contributed by atoms with E-state index in [0.29, 0.717) is 37.5 Å². The molecule has 0 aliphatic carbocycles. The molecule has 1 aromatic carbocycles. The van der Waals surface area contributed by atoms with Gasteiger partial charge in [-0.25, -0.2) is 0 Å². The number of likely N-dealkylation sites (tertiary alicyclic amines) is 1. The highest BCUT2D eigenvalue weighted by Crippen LogP contribution is 2.34. The molecule has 25 heavy (non-hydrogen) atoms. The molecule has 0 aromatic heterocycles. The first-order chi connectivity index (χ1) is 11.9. The number of benzene rings is 1. The maximum absolute atomic E-state index is 12.7. The summed E-state index contributed by atoms with van der Waals surface area (Å²) in [6, 6.07) is 5.63. The molecule has 2 saturated heterocycles. The first kappa shape index (κ1) is 17.3. The van der Waals surface area contributed by atoms with Crippen molar-refractivity contribution in [2.24, 2.45) is 17.6 Å². The Morgan fingerprint density at radius 3 is 2.64 bits per heavy atom. The van der Waals surface area contributed by atoms with Crippen LogP contribution in [0.25, 0.3) is 0 Å². The van der Waals surface area contributed by atoms with Gasteiger partial charge >= 0.3 is 0 Å². The van der Waals surface area contributed by atoms with Crippen molar-refractivity contribution in [2.75, 3.05) is 31.6 Å². The quantitative estimate of drug-likeness (QED) is 0.869. The predicted molar refractivity (Wildman–Crippen MR) is 92.1 cm³/mol. The van der Waals surface area contributed by atoms with Crippen LogP contribution in [0.15, 0.2) is 18.2 Å². The smallest absolute Gasteiger partial charge is 0.228 e. The van der Waals surface area contributed by atoms with E-state index in [2.05, 4.69) is 0 Å². The van der Waals surface area contributed by atoms with E-state index in [0.717, 1.165) is 5.56 Å². The van der Waals surface area contributed by atoms with Crippen LogP contribution in [0.2, 0.25) is 0 Å². The Bertz CT molecular complexity index is 718. The molecule has 1 aromatic rings. The van der Waals surface area contributed by atoms with Crippen molar-refractivity contribution in [1.29, 1.82) is 0 Å². The van der Waals surface area contributed by atoms with E-state index in [1.165, 1.54) is 0 Å². The zero-order valence-corrected chi connectivity index (χ0v) is 14.5. The first-order valence-corrected chi connectivity index (χ1v) is 8.43. The highest BCUT2D eigenvalue weighted by atomic mass is 16.5. The third-order valence-electron chi connectivity index (χ3n) is 5.00. The van der Waals surface area contributed by atoms with Crippen molar-refractivity contribution < 1.29 is 19.1 Å². The molecule has 0 spiro atoms. The van der Waals surface area contributed by atoms with Crippen LogP contribution in [0.3, 0.4) is 0 Å². The minimum atomic E-state index is -0.399. The van der Waals surface area contributed by atoms with Crippen molar-refractivity contribution in [3.05, 3.63) is 23.8 Å². The monoisotopic (exact) mass is 345 g/mol. The van der Waals surface area contributed by atoms with Crippen LogP contribution in [0.1, 0.15) is 18.4 Å². The second-order valence-electron chi connectivity index (χ2n) is 6.75. The lowest BCUT2D eigenvalue weighted by atomic mass is 10.1. The van der Waals surface area contributed by atoms with Gasteiger partial charge in [0.05, 0.1) is 24.6 Å². The van der Waals surface area contributed by atoms with E-state index in [1.54, 1.807) is 16.9 Å². The van der Waals surface area contributed by atoms with Gasteiger partial charge in [-0.05, 0) is 31.0 Å². The van der Waals surface area contributed by atoms with Gasteiger partial charge < -0.3 is 20.3 Å². The van der Waals surface area contributed by atoms with E-state index in [4.69, 9.17) is 10.5 Å². The molecular formula is C18H23N3O4. The molecule has 3 rings (SSSR count). The molecule has 0 unspecified atom stereocenters. The van der Waals surface area contributed by atoms with Crippen LogP contribution in [0, 0.1) is 18.8 Å². The Morgan fingerprint density at radius 2 is 2.00 bits per heavy atom. The fourth-order valence-electron chi connectivity index (χ4n) is 3.57. The predicted octanol–water partition coefficient (Wildman–Crippen LogP) is 0.690. The average molecular weight is 345 g/mol. The van der Waals surface area contributed by atoms with Gasteiger partial charge in [-0.1, -0.05) is 6.07 Å². The summed E-state index contributed by atoms with van der Waals surface area (Å²) in [5, 5.41) is 0. The van der Waals surface area contributed by atoms with Crippen molar-refractivity contribution in [3.63, 3.8) is 0 Å². The third-order valence-corrected chi connectivity index (χ3v) is 5.00. The number of nitrogens with two attached hydrogens (primary N) is 1. The summed E-state index contributed by atoms with van der Waals surface area (Å²) in [5.74, 6) is -0.608. The number of primary amides is 1. The van der Waals surface area contributed by atoms with Crippen LogP contribution >= 0.6 is 0 Å². The van der Waals surface area contributed by atoms with Crippen molar-refractivity contribution in [2.45, 2.75) is 19.8 Å². The van der Waals surface area contributed by atoms with Crippen LogP contribution < -0.4 is 15.4 Å². The molecule has 2 aliphatic heterocycles. The number of ether oxygens (including phenoxy) is 1. The molecule has 3 amide bonds. The fourth-order valence-corrected chi connectivity index (χ4v) is 3.57. The second kappa shape index (κ2) is 6.74. The first-order valence-electron chi connectivity index (χ1n) is 8.43. The number of anilines is 1.